The SMILES string of the molecule is O=C1CCN([C@H]2CC(=O)N(c3ccc(Cl)cc3)C2=O)CC1. The molecule has 2 aliphatic rings. The lowest BCUT2D eigenvalue weighted by Crippen LogP contribution is -2.46. The molecule has 2 heterocycles. The van der Waals surface area contributed by atoms with Crippen LogP contribution in [-0.2, 0) is 14.4 Å². The van der Waals surface area contributed by atoms with E-state index in [0.717, 1.165) is 0 Å². The van der Waals surface area contributed by atoms with Gasteiger partial charge in [0.05, 0.1) is 18.2 Å². The number of imide groups is 1. The van der Waals surface area contributed by atoms with Gasteiger partial charge >= 0.3 is 0 Å². The molecule has 0 bridgehead atoms. The molecule has 2 amide bonds. The van der Waals surface area contributed by atoms with Crippen molar-refractivity contribution >= 4 is 34.9 Å². The molecular weight excluding hydrogens is 292 g/mol. The zero-order valence-corrected chi connectivity index (χ0v) is 12.2. The summed E-state index contributed by atoms with van der Waals surface area (Å²) in [5, 5.41) is 0.559. The first-order valence-corrected chi connectivity index (χ1v) is 7.32. The Morgan fingerprint density at radius 3 is 2.24 bits per heavy atom. The maximum atomic E-state index is 12.5. The molecule has 0 unspecified atom stereocenters. The van der Waals surface area contributed by atoms with E-state index in [9.17, 15) is 14.4 Å². The number of anilines is 1. The van der Waals surface area contributed by atoms with Gasteiger partial charge in [0.25, 0.3) is 5.91 Å². The number of ketones is 1. The van der Waals surface area contributed by atoms with Crippen molar-refractivity contribution in [3.05, 3.63) is 29.3 Å². The lowest BCUT2D eigenvalue weighted by atomic mass is 10.1. The Labute approximate surface area is 127 Å². The molecule has 6 heteroatoms. The Bertz CT molecular complexity index is 589. The van der Waals surface area contributed by atoms with Crippen LogP contribution in [0.1, 0.15) is 19.3 Å². The number of nitrogens with zero attached hydrogens (tertiary/aromatic N) is 2. The summed E-state index contributed by atoms with van der Waals surface area (Å²) in [5.74, 6) is -0.196. The van der Waals surface area contributed by atoms with Gasteiger partial charge in [0.2, 0.25) is 5.91 Å². The minimum absolute atomic E-state index is 0.176. The zero-order chi connectivity index (χ0) is 15.0. The predicted molar refractivity (Wildman–Crippen MR) is 78.2 cm³/mol. The first kappa shape index (κ1) is 14.2. The molecule has 2 fully saturated rings. The number of halogens is 1. The summed E-state index contributed by atoms with van der Waals surface area (Å²) >= 11 is 5.83. The number of amides is 2. The van der Waals surface area contributed by atoms with Crippen molar-refractivity contribution < 1.29 is 14.4 Å². The van der Waals surface area contributed by atoms with E-state index >= 15 is 0 Å². The van der Waals surface area contributed by atoms with E-state index in [1.54, 1.807) is 24.3 Å². The Hall–Kier alpha value is -1.72. The van der Waals surface area contributed by atoms with Gasteiger partial charge in [-0.25, -0.2) is 4.90 Å². The Morgan fingerprint density at radius 1 is 1.00 bits per heavy atom. The summed E-state index contributed by atoms with van der Waals surface area (Å²) in [6.45, 7) is 1.11. The smallest absolute Gasteiger partial charge is 0.251 e. The van der Waals surface area contributed by atoms with Crippen molar-refractivity contribution in [3.8, 4) is 0 Å². The number of carbonyl (C=O) groups is 3. The monoisotopic (exact) mass is 306 g/mol. The number of hydrogen-bond acceptors (Lipinski definition) is 4. The molecule has 0 aliphatic carbocycles. The Morgan fingerprint density at radius 2 is 1.62 bits per heavy atom. The molecule has 1 aromatic rings. The van der Waals surface area contributed by atoms with Crippen molar-refractivity contribution in [1.82, 2.24) is 4.90 Å². The van der Waals surface area contributed by atoms with Gasteiger partial charge in [-0.05, 0) is 24.3 Å². The normalized spacial score (nSPS) is 24.0. The molecule has 0 saturated carbocycles. The van der Waals surface area contributed by atoms with Crippen LogP contribution in [0.25, 0.3) is 0 Å². The van der Waals surface area contributed by atoms with Crippen LogP contribution in [0.15, 0.2) is 24.3 Å². The zero-order valence-electron chi connectivity index (χ0n) is 11.4. The molecular formula is C15H15ClN2O3. The summed E-state index contributed by atoms with van der Waals surface area (Å²) in [4.78, 5) is 39.1. The topological polar surface area (TPSA) is 57.7 Å². The van der Waals surface area contributed by atoms with Crippen LogP contribution in [0.3, 0.4) is 0 Å². The molecule has 0 radical (unpaired) electrons. The Balaban J connectivity index is 1.79. The van der Waals surface area contributed by atoms with Gasteiger partial charge < -0.3 is 0 Å². The van der Waals surface area contributed by atoms with E-state index in [1.165, 1.54) is 4.90 Å². The second-order valence-electron chi connectivity index (χ2n) is 5.34. The third kappa shape index (κ3) is 2.71. The van der Waals surface area contributed by atoms with Gasteiger partial charge in [-0.2, -0.15) is 0 Å². The van der Waals surface area contributed by atoms with Gasteiger partial charge in [0, 0.05) is 31.0 Å². The van der Waals surface area contributed by atoms with Crippen LogP contribution in [0.5, 0.6) is 0 Å². The summed E-state index contributed by atoms with van der Waals surface area (Å²) in [6.07, 6.45) is 1.09. The highest BCUT2D eigenvalue weighted by molar-refractivity contribution is 6.30. The fourth-order valence-corrected chi connectivity index (χ4v) is 2.97. The second-order valence-corrected chi connectivity index (χ2v) is 5.77. The predicted octanol–water partition coefficient (Wildman–Crippen LogP) is 1.64. The van der Waals surface area contributed by atoms with E-state index in [1.807, 2.05) is 4.90 Å². The highest BCUT2D eigenvalue weighted by atomic mass is 35.5. The molecule has 2 saturated heterocycles. The van der Waals surface area contributed by atoms with E-state index < -0.39 is 6.04 Å². The number of piperidine rings is 1. The average Bonchev–Trinajstić information content (AvgIpc) is 2.76. The standard InChI is InChI=1S/C15H15ClN2O3/c16-10-1-3-11(4-2-10)18-14(20)9-13(15(18)21)17-7-5-12(19)6-8-17/h1-4,13H,5-9H2/t13-/m0/s1. The summed E-state index contributed by atoms with van der Waals surface area (Å²) in [5.41, 5.74) is 0.546. The van der Waals surface area contributed by atoms with Crippen LogP contribution in [0, 0.1) is 0 Å². The van der Waals surface area contributed by atoms with Crippen molar-refractivity contribution in [2.24, 2.45) is 0 Å². The molecule has 5 nitrogen and oxygen atoms in total. The van der Waals surface area contributed by atoms with Crippen molar-refractivity contribution in [2.45, 2.75) is 25.3 Å². The largest absolute Gasteiger partial charge is 0.300 e. The average molecular weight is 307 g/mol. The van der Waals surface area contributed by atoms with E-state index in [0.29, 0.717) is 36.6 Å². The first-order chi connectivity index (χ1) is 10.1. The van der Waals surface area contributed by atoms with Crippen molar-refractivity contribution in [3.63, 3.8) is 0 Å². The summed E-state index contributed by atoms with van der Waals surface area (Å²) in [7, 11) is 0. The third-order valence-corrected chi connectivity index (χ3v) is 4.26. The number of hydrogen-bond donors (Lipinski definition) is 0. The molecule has 110 valence electrons. The summed E-state index contributed by atoms with van der Waals surface area (Å²) in [6, 6.07) is 6.20. The number of benzene rings is 1. The van der Waals surface area contributed by atoms with Gasteiger partial charge in [0.1, 0.15) is 5.78 Å². The maximum Gasteiger partial charge on any atom is 0.251 e. The van der Waals surface area contributed by atoms with Gasteiger partial charge in [-0.3, -0.25) is 19.3 Å². The summed E-state index contributed by atoms with van der Waals surface area (Å²) < 4.78 is 0. The molecule has 21 heavy (non-hydrogen) atoms. The van der Waals surface area contributed by atoms with Crippen LogP contribution < -0.4 is 4.90 Å². The first-order valence-electron chi connectivity index (χ1n) is 6.94. The van der Waals surface area contributed by atoms with Crippen LogP contribution in [0.2, 0.25) is 5.02 Å². The van der Waals surface area contributed by atoms with E-state index in [4.69, 9.17) is 11.6 Å². The fourth-order valence-electron chi connectivity index (χ4n) is 2.85. The van der Waals surface area contributed by atoms with Crippen molar-refractivity contribution in [2.75, 3.05) is 18.0 Å². The fraction of sp³-hybridized carbons (Fsp3) is 0.400. The number of rotatable bonds is 2. The molecule has 1 aromatic carbocycles. The van der Waals surface area contributed by atoms with Gasteiger partial charge in [0.15, 0.2) is 0 Å². The molecule has 3 rings (SSSR count). The van der Waals surface area contributed by atoms with E-state index in [-0.39, 0.29) is 24.0 Å². The molecule has 0 aromatic heterocycles. The number of Topliss-reactive ketones (excluding diaryl/α,β-unsaturated/α-hetero) is 1. The second kappa shape index (κ2) is 5.58. The maximum absolute atomic E-state index is 12.5. The lowest BCUT2D eigenvalue weighted by molar-refractivity contribution is -0.127. The third-order valence-electron chi connectivity index (χ3n) is 4.00. The van der Waals surface area contributed by atoms with E-state index in [2.05, 4.69) is 0 Å². The highest BCUT2D eigenvalue weighted by Gasteiger charge is 2.43. The minimum atomic E-state index is -0.443. The van der Waals surface area contributed by atoms with Gasteiger partial charge in [-0.1, -0.05) is 11.6 Å². The molecule has 2 aliphatic heterocycles. The van der Waals surface area contributed by atoms with Crippen LogP contribution >= 0.6 is 11.6 Å². The lowest BCUT2D eigenvalue weighted by Gasteiger charge is -2.29. The van der Waals surface area contributed by atoms with Crippen molar-refractivity contribution in [1.29, 1.82) is 0 Å². The quantitative estimate of drug-likeness (QED) is 0.779. The minimum Gasteiger partial charge on any atom is -0.300 e. The highest BCUT2D eigenvalue weighted by Crippen LogP contribution is 2.27. The Kier molecular flexibility index (Phi) is 3.78. The van der Waals surface area contributed by atoms with Crippen LogP contribution in [0.4, 0.5) is 5.69 Å². The molecule has 1 atom stereocenters. The molecule has 0 spiro atoms. The number of likely N-dealkylation sites (tertiary alicyclic amines) is 1. The molecule has 0 N–H and O–H groups in total. The van der Waals surface area contributed by atoms with Crippen LogP contribution in [-0.4, -0.2) is 41.6 Å². The number of carbonyl (C=O) groups excluding carboxylic acids is 3. The van der Waals surface area contributed by atoms with Gasteiger partial charge in [-0.15, -0.1) is 0 Å².